The number of benzene rings is 1. The number of halogens is 1. The Morgan fingerprint density at radius 3 is 2.33 bits per heavy atom. The van der Waals surface area contributed by atoms with Crippen LogP contribution in [0, 0.1) is 17.8 Å². The minimum atomic E-state index is -1.97. The van der Waals surface area contributed by atoms with Gasteiger partial charge >= 0.3 is 5.97 Å². The van der Waals surface area contributed by atoms with Crippen molar-refractivity contribution in [2.75, 3.05) is 26.0 Å². The number of aliphatic hydroxyl groups excluding tert-OH is 3. The summed E-state index contributed by atoms with van der Waals surface area (Å²) in [6, 6.07) is 6.12. The van der Waals surface area contributed by atoms with Crippen LogP contribution >= 0.6 is 11.6 Å². The lowest BCUT2D eigenvalue weighted by atomic mass is 9.77. The van der Waals surface area contributed by atoms with Gasteiger partial charge in [0.15, 0.2) is 18.9 Å². The van der Waals surface area contributed by atoms with Gasteiger partial charge in [0.25, 0.3) is 0 Å². The van der Waals surface area contributed by atoms with Crippen LogP contribution in [0.2, 0.25) is 5.02 Å². The molecule has 2 unspecified atom stereocenters. The molecule has 14 nitrogen and oxygen atoms in total. The van der Waals surface area contributed by atoms with Crippen molar-refractivity contribution in [1.82, 2.24) is 9.80 Å². The van der Waals surface area contributed by atoms with Crippen LogP contribution in [0.4, 0.5) is 5.69 Å². The summed E-state index contributed by atoms with van der Waals surface area (Å²) in [5, 5.41) is 62.6. The molecule has 1 aromatic carbocycles. The van der Waals surface area contributed by atoms with Crippen molar-refractivity contribution in [3.63, 3.8) is 0 Å². The van der Waals surface area contributed by atoms with E-state index in [0.29, 0.717) is 22.7 Å². The molecule has 3 heterocycles. The first kappa shape index (κ1) is 48.6. The van der Waals surface area contributed by atoms with Crippen LogP contribution in [0.3, 0.4) is 0 Å². The molecule has 16 atom stereocenters. The third-order valence-corrected chi connectivity index (χ3v) is 12.7. The third kappa shape index (κ3) is 11.8. The molecule has 3 aliphatic rings. The van der Waals surface area contributed by atoms with Crippen molar-refractivity contribution in [3.8, 4) is 0 Å². The number of carbonyl (C=O) groups excluding carboxylic acids is 1. The largest absolute Gasteiger partial charge is 0.510 e. The summed E-state index contributed by atoms with van der Waals surface area (Å²) >= 11 is 6.26. The second-order valence-corrected chi connectivity index (χ2v) is 18.4. The Labute approximate surface area is 350 Å². The number of ether oxygens (including phenoxy) is 5. The molecule has 0 saturated carbocycles. The molecule has 15 heteroatoms. The van der Waals surface area contributed by atoms with Gasteiger partial charge in [0.05, 0.1) is 29.8 Å². The number of aliphatic hydroxyl groups is 5. The lowest BCUT2D eigenvalue weighted by Gasteiger charge is -2.46. The molecule has 2 fully saturated rings. The maximum atomic E-state index is 14.4. The minimum Gasteiger partial charge on any atom is -0.510 e. The monoisotopic (exact) mass is 841 g/mol. The van der Waals surface area contributed by atoms with E-state index in [1.165, 1.54) is 6.92 Å². The number of nitrogens with zero attached hydrogens (tertiary/aromatic N) is 2. The molecular weight excluding hydrogens is 770 g/mol. The summed E-state index contributed by atoms with van der Waals surface area (Å²) in [4.78, 5) is 18.1. The van der Waals surface area contributed by atoms with Crippen LogP contribution in [0.1, 0.15) is 101 Å². The van der Waals surface area contributed by atoms with Crippen molar-refractivity contribution >= 4 is 23.3 Å². The molecular formula is C43H72ClN3O11. The molecule has 0 aliphatic carbocycles. The van der Waals surface area contributed by atoms with Crippen LogP contribution < -0.4 is 5.32 Å². The number of rotatable bonds is 9. The highest BCUT2D eigenvalue weighted by molar-refractivity contribution is 6.30. The number of anilines is 1. The number of esters is 1. The number of hydrogen-bond acceptors (Lipinski definition) is 14. The zero-order valence-electron chi connectivity index (χ0n) is 36.6. The molecule has 58 heavy (non-hydrogen) atoms. The van der Waals surface area contributed by atoms with Gasteiger partial charge in [0.1, 0.15) is 29.7 Å². The zero-order valence-corrected chi connectivity index (χ0v) is 37.3. The van der Waals surface area contributed by atoms with Gasteiger partial charge in [-0.1, -0.05) is 38.4 Å². The van der Waals surface area contributed by atoms with Crippen molar-refractivity contribution in [2.45, 2.75) is 180 Å². The number of nitrogens with one attached hydrogen (secondary N) is 1. The number of cyclic esters (lactones) is 1. The molecule has 3 aliphatic heterocycles. The highest BCUT2D eigenvalue weighted by Crippen LogP contribution is 2.39. The third-order valence-electron chi connectivity index (χ3n) is 12.5. The van der Waals surface area contributed by atoms with Crippen LogP contribution in [0.5, 0.6) is 0 Å². The lowest BCUT2D eigenvalue weighted by molar-refractivity contribution is -0.280. The fraction of sp³-hybridized carbons (Fsp3) is 0.791. The average Bonchev–Trinajstić information content (AvgIpc) is 3.13. The van der Waals surface area contributed by atoms with E-state index in [0.717, 1.165) is 6.42 Å². The predicted octanol–water partition coefficient (Wildman–Crippen LogP) is 5.41. The Kier molecular flexibility index (Phi) is 16.9. The van der Waals surface area contributed by atoms with Crippen molar-refractivity contribution in [1.29, 1.82) is 0 Å². The summed E-state index contributed by atoms with van der Waals surface area (Å²) in [6.07, 6.45) is -6.42. The molecule has 4 rings (SSSR count). The first-order valence-electron chi connectivity index (χ1n) is 20.9. The van der Waals surface area contributed by atoms with E-state index in [9.17, 15) is 30.3 Å². The molecule has 0 radical (unpaired) electrons. The van der Waals surface area contributed by atoms with Crippen LogP contribution in [-0.2, 0) is 28.5 Å². The van der Waals surface area contributed by atoms with E-state index >= 15 is 0 Å². The maximum absolute atomic E-state index is 14.4. The highest BCUT2D eigenvalue weighted by atomic mass is 35.5. The summed E-state index contributed by atoms with van der Waals surface area (Å²) in [5.74, 6) is -2.59. The van der Waals surface area contributed by atoms with Gasteiger partial charge in [-0.25, -0.2) is 0 Å². The molecule has 0 spiro atoms. The van der Waals surface area contributed by atoms with Gasteiger partial charge in [-0.3, -0.25) is 9.69 Å². The van der Waals surface area contributed by atoms with E-state index in [2.05, 4.69) is 10.2 Å². The van der Waals surface area contributed by atoms with Gasteiger partial charge < -0.3 is 59.4 Å². The van der Waals surface area contributed by atoms with E-state index in [1.54, 1.807) is 70.7 Å². The van der Waals surface area contributed by atoms with Gasteiger partial charge in [0, 0.05) is 48.1 Å². The molecule has 0 aromatic heterocycles. The van der Waals surface area contributed by atoms with Gasteiger partial charge in [-0.15, -0.1) is 0 Å². The zero-order chi connectivity index (χ0) is 43.4. The van der Waals surface area contributed by atoms with Crippen molar-refractivity contribution < 1.29 is 54.0 Å². The highest BCUT2D eigenvalue weighted by Gasteiger charge is 2.51. The molecule has 1 aromatic rings. The molecule has 2 saturated heterocycles. The Balaban J connectivity index is 1.82. The van der Waals surface area contributed by atoms with E-state index < -0.39 is 84.5 Å². The SMILES string of the molecule is CC[C@H]1OC(=O)[C@H](C)C(O[C@H]2CC(C)=C(O)[C@H](C)O2)[C@H](C)[C@@H](O[C@H]2C[C@@H](N(C)C)C[C@@H](C)O2)[C@](C)(O)C[C@@H](C)CN(C(O)Nc2cccc(Cl)c2)[C@H](C)[C@@H](O)[C@]1(C)O. The second kappa shape index (κ2) is 20.2. The van der Waals surface area contributed by atoms with Crippen LogP contribution in [0.25, 0.3) is 0 Å². The first-order chi connectivity index (χ1) is 27.0. The maximum Gasteiger partial charge on any atom is 0.311 e. The van der Waals surface area contributed by atoms with E-state index in [1.807, 2.05) is 34.9 Å². The molecule has 0 amide bonds. The normalized spacial score (nSPS) is 41.1. The average molecular weight is 843 g/mol. The van der Waals surface area contributed by atoms with E-state index in [4.69, 9.17) is 35.3 Å². The minimum absolute atomic E-state index is 0.123. The smallest absolute Gasteiger partial charge is 0.311 e. The van der Waals surface area contributed by atoms with Gasteiger partial charge in [-0.2, -0.15) is 0 Å². The lowest BCUT2D eigenvalue weighted by Crippen LogP contribution is -2.62. The van der Waals surface area contributed by atoms with Gasteiger partial charge in [-0.05, 0) is 112 Å². The summed E-state index contributed by atoms with van der Waals surface area (Å²) in [7, 11) is 4.03. The summed E-state index contributed by atoms with van der Waals surface area (Å²) in [6.45, 7) is 17.7. The first-order valence-corrected chi connectivity index (χ1v) is 21.3. The molecule has 332 valence electrons. The molecule has 0 bridgehead atoms. The second-order valence-electron chi connectivity index (χ2n) is 18.0. The van der Waals surface area contributed by atoms with Crippen LogP contribution in [0.15, 0.2) is 35.6 Å². The Hall–Kier alpha value is -2.08. The number of carbonyl (C=O) groups is 1. The van der Waals surface area contributed by atoms with E-state index in [-0.39, 0.29) is 49.6 Å². The van der Waals surface area contributed by atoms with Crippen molar-refractivity contribution in [3.05, 3.63) is 40.6 Å². The number of hydrogen-bond donors (Lipinski definition) is 6. The Morgan fingerprint density at radius 1 is 1.05 bits per heavy atom. The standard InChI is InChI=1S/C43H72ClN3O11/c1-13-33-43(10,53)38(49)28(7)47(41(51)45-31-16-14-15-30(44)19-31)22-23(2)21-42(9,52)39(58-35-20-32(46(11)12)18-25(4)54-35)26(5)37(27(6)40(50)56-33)57-34-17-24(3)36(48)29(8)55-34/h14-16,19,23,25-29,32-35,37-39,41,45,48-49,51-53H,13,17-18,20-22H2,1-12H3/t23-,25-,26+,27-,28-,29+,32+,33-,34+,35+,37?,38-,39-,41?,42-,43-/m1/s1. The Morgan fingerprint density at radius 2 is 1.72 bits per heavy atom. The fourth-order valence-corrected chi connectivity index (χ4v) is 9.34. The van der Waals surface area contributed by atoms with Crippen LogP contribution in [-0.4, -0.2) is 141 Å². The summed E-state index contributed by atoms with van der Waals surface area (Å²) in [5.41, 5.74) is -2.33. The van der Waals surface area contributed by atoms with Crippen molar-refractivity contribution in [2.24, 2.45) is 17.8 Å². The summed E-state index contributed by atoms with van der Waals surface area (Å²) < 4.78 is 32.2. The molecule has 6 N–H and O–H groups in total. The fourth-order valence-electron chi connectivity index (χ4n) is 9.15. The topological polar surface area (TPSA) is 183 Å². The quantitative estimate of drug-likeness (QED) is 0.137. The Bertz CT molecular complexity index is 1530. The predicted molar refractivity (Wildman–Crippen MR) is 222 cm³/mol. The van der Waals surface area contributed by atoms with Gasteiger partial charge in [0.2, 0.25) is 0 Å².